The third-order valence-electron chi connectivity index (χ3n) is 2.79. The lowest BCUT2D eigenvalue weighted by molar-refractivity contribution is -0.138. The van der Waals surface area contributed by atoms with Crippen LogP contribution in [0.15, 0.2) is 24.5 Å². The first-order chi connectivity index (χ1) is 11.0. The fourth-order valence-corrected chi connectivity index (χ4v) is 2.07. The molecule has 0 aliphatic rings. The number of pyridine rings is 2. The zero-order valence-electron chi connectivity index (χ0n) is 11.4. The largest absolute Gasteiger partial charge is 0.417 e. The number of halogens is 8. The van der Waals surface area contributed by atoms with Crippen molar-refractivity contribution in [2.24, 2.45) is 0 Å². The quantitative estimate of drug-likeness (QED) is 0.592. The van der Waals surface area contributed by atoms with E-state index in [4.69, 9.17) is 23.2 Å². The Balaban J connectivity index is 2.29. The molecule has 0 aliphatic carbocycles. The summed E-state index contributed by atoms with van der Waals surface area (Å²) in [5.74, 6) is 0. The van der Waals surface area contributed by atoms with E-state index in [9.17, 15) is 26.3 Å². The summed E-state index contributed by atoms with van der Waals surface area (Å²) in [5.41, 5.74) is -2.06. The average molecular weight is 387 g/mol. The molecule has 0 saturated carbocycles. The lowest BCUT2D eigenvalue weighted by atomic mass is 10.2. The number of aromatic nitrogens is 2. The first kappa shape index (κ1) is 18.5. The number of hydrogen-bond acceptors (Lipinski definition) is 2. The second kappa shape index (κ2) is 6.60. The van der Waals surface area contributed by atoms with Crippen molar-refractivity contribution in [2.45, 2.75) is 12.4 Å². The number of rotatable bonds is 2. The van der Waals surface area contributed by atoms with Crippen LogP contribution in [0.4, 0.5) is 26.3 Å². The highest BCUT2D eigenvalue weighted by Crippen LogP contribution is 2.33. The summed E-state index contributed by atoms with van der Waals surface area (Å²) in [4.78, 5) is 7.11. The molecule has 0 unspecified atom stereocenters. The van der Waals surface area contributed by atoms with Gasteiger partial charge in [-0.2, -0.15) is 26.3 Å². The van der Waals surface area contributed by atoms with Gasteiger partial charge in [0.25, 0.3) is 0 Å². The Kier molecular flexibility index (Phi) is 5.10. The fraction of sp³-hybridized carbons (Fsp3) is 0.143. The highest BCUT2D eigenvalue weighted by molar-refractivity contribution is 6.32. The van der Waals surface area contributed by atoms with Crippen LogP contribution in [-0.4, -0.2) is 9.97 Å². The van der Waals surface area contributed by atoms with Crippen molar-refractivity contribution in [2.75, 3.05) is 0 Å². The third-order valence-corrected chi connectivity index (χ3v) is 3.40. The van der Waals surface area contributed by atoms with Gasteiger partial charge in [-0.05, 0) is 24.3 Å². The Morgan fingerprint density at radius 1 is 0.708 bits per heavy atom. The van der Waals surface area contributed by atoms with Gasteiger partial charge in [0.2, 0.25) is 0 Å². The van der Waals surface area contributed by atoms with E-state index in [0.29, 0.717) is 24.5 Å². The third kappa shape index (κ3) is 4.39. The van der Waals surface area contributed by atoms with Gasteiger partial charge in [-0.25, -0.2) is 0 Å². The Labute approximate surface area is 141 Å². The Morgan fingerprint density at radius 2 is 1.04 bits per heavy atom. The molecule has 2 heterocycles. The minimum Gasteiger partial charge on any atom is -0.255 e. The molecule has 2 nitrogen and oxygen atoms in total. The van der Waals surface area contributed by atoms with E-state index in [2.05, 4.69) is 9.97 Å². The van der Waals surface area contributed by atoms with Crippen LogP contribution < -0.4 is 0 Å². The molecule has 0 fully saturated rings. The van der Waals surface area contributed by atoms with E-state index in [1.807, 2.05) is 0 Å². The van der Waals surface area contributed by atoms with E-state index in [0.717, 1.165) is 0 Å². The van der Waals surface area contributed by atoms with Crippen LogP contribution in [0.5, 0.6) is 0 Å². The van der Waals surface area contributed by atoms with Crippen molar-refractivity contribution in [3.8, 4) is 0 Å². The smallest absolute Gasteiger partial charge is 0.255 e. The molecule has 2 aromatic rings. The molecule has 0 spiro atoms. The molecule has 0 aliphatic heterocycles. The molecule has 2 rings (SSSR count). The van der Waals surface area contributed by atoms with Crippen LogP contribution in [0.25, 0.3) is 12.2 Å². The maximum absolute atomic E-state index is 12.5. The Bertz CT molecular complexity index is 718. The van der Waals surface area contributed by atoms with Crippen molar-refractivity contribution in [1.29, 1.82) is 0 Å². The summed E-state index contributed by atoms with van der Waals surface area (Å²) in [6.07, 6.45) is -5.59. The topological polar surface area (TPSA) is 25.8 Å². The van der Waals surface area contributed by atoms with Crippen molar-refractivity contribution in [3.05, 3.63) is 57.1 Å². The summed E-state index contributed by atoms with van der Waals surface area (Å²) >= 11 is 11.4. The van der Waals surface area contributed by atoms with Gasteiger partial charge >= 0.3 is 12.4 Å². The van der Waals surface area contributed by atoms with Gasteiger partial charge < -0.3 is 0 Å². The molecule has 0 bridgehead atoms. The molecular weight excluding hydrogens is 381 g/mol. The molecule has 2 aromatic heterocycles. The summed E-state index contributed by atoms with van der Waals surface area (Å²) < 4.78 is 75.0. The summed E-state index contributed by atoms with van der Waals surface area (Å²) in [5, 5.41) is -0.548. The number of hydrogen-bond donors (Lipinski definition) is 0. The van der Waals surface area contributed by atoms with E-state index in [1.54, 1.807) is 0 Å². The van der Waals surface area contributed by atoms with Crippen molar-refractivity contribution < 1.29 is 26.3 Å². The zero-order valence-corrected chi connectivity index (χ0v) is 12.9. The lowest BCUT2D eigenvalue weighted by Gasteiger charge is -2.08. The van der Waals surface area contributed by atoms with E-state index in [-0.39, 0.29) is 21.4 Å². The second-order valence-electron chi connectivity index (χ2n) is 4.51. The van der Waals surface area contributed by atoms with E-state index in [1.165, 1.54) is 12.2 Å². The SMILES string of the molecule is FC(F)(F)c1cnc(/C=C/c2ncc(C(F)(F)F)cc2Cl)c(Cl)c1. The summed E-state index contributed by atoms with van der Waals surface area (Å²) in [6, 6.07) is 1.38. The van der Waals surface area contributed by atoms with Gasteiger partial charge in [0.05, 0.1) is 32.6 Å². The summed E-state index contributed by atoms with van der Waals surface area (Å²) in [6.45, 7) is 0. The van der Waals surface area contributed by atoms with Crippen LogP contribution in [0, 0.1) is 0 Å². The number of alkyl halides is 6. The maximum Gasteiger partial charge on any atom is 0.417 e. The highest BCUT2D eigenvalue weighted by atomic mass is 35.5. The van der Waals surface area contributed by atoms with Crippen molar-refractivity contribution in [3.63, 3.8) is 0 Å². The zero-order chi connectivity index (χ0) is 18.1. The maximum atomic E-state index is 12.5. The summed E-state index contributed by atoms with van der Waals surface area (Å²) in [7, 11) is 0. The minimum atomic E-state index is -4.59. The van der Waals surface area contributed by atoms with Crippen molar-refractivity contribution in [1.82, 2.24) is 9.97 Å². The highest BCUT2D eigenvalue weighted by Gasteiger charge is 2.32. The van der Waals surface area contributed by atoms with Crippen LogP contribution in [0.3, 0.4) is 0 Å². The molecule has 0 aromatic carbocycles. The fourth-order valence-electron chi connectivity index (χ4n) is 1.61. The predicted octanol–water partition coefficient (Wildman–Crippen LogP) is 5.99. The first-order valence-electron chi connectivity index (χ1n) is 6.12. The predicted molar refractivity (Wildman–Crippen MR) is 77.4 cm³/mol. The molecule has 0 saturated heterocycles. The monoisotopic (exact) mass is 386 g/mol. The van der Waals surface area contributed by atoms with Gasteiger partial charge in [-0.1, -0.05) is 23.2 Å². The average Bonchev–Trinajstić information content (AvgIpc) is 2.45. The van der Waals surface area contributed by atoms with Gasteiger partial charge in [-0.3, -0.25) is 9.97 Å². The van der Waals surface area contributed by atoms with Crippen molar-refractivity contribution >= 4 is 35.4 Å². The molecule has 0 amide bonds. The van der Waals surface area contributed by atoms with Gasteiger partial charge in [0, 0.05) is 12.4 Å². The standard InChI is InChI=1S/C14H6Cl2F6N2/c15-9-3-7(13(17,18)19)5-23-11(9)1-2-12-10(16)4-8(6-24-12)14(20,21)22/h1-6H/b2-1+. The molecular formula is C14H6Cl2F6N2. The van der Waals surface area contributed by atoms with Gasteiger partial charge in [0.1, 0.15) is 0 Å². The van der Waals surface area contributed by atoms with E-state index < -0.39 is 23.5 Å². The molecule has 0 N–H and O–H groups in total. The normalized spacial score (nSPS) is 12.8. The van der Waals surface area contributed by atoms with Crippen LogP contribution in [-0.2, 0) is 12.4 Å². The molecule has 0 atom stereocenters. The van der Waals surface area contributed by atoms with Crippen LogP contribution >= 0.6 is 23.2 Å². The lowest BCUT2D eigenvalue weighted by Crippen LogP contribution is -2.06. The van der Waals surface area contributed by atoms with Gasteiger partial charge in [-0.15, -0.1) is 0 Å². The van der Waals surface area contributed by atoms with Crippen LogP contribution in [0.2, 0.25) is 10.0 Å². The number of nitrogens with zero attached hydrogens (tertiary/aromatic N) is 2. The molecule has 24 heavy (non-hydrogen) atoms. The molecule has 10 heteroatoms. The first-order valence-corrected chi connectivity index (χ1v) is 6.87. The Morgan fingerprint density at radius 3 is 1.29 bits per heavy atom. The molecule has 128 valence electrons. The minimum absolute atomic E-state index is 0.0116. The van der Waals surface area contributed by atoms with E-state index >= 15 is 0 Å². The Hall–Kier alpha value is -1.80. The van der Waals surface area contributed by atoms with Crippen LogP contribution in [0.1, 0.15) is 22.5 Å². The second-order valence-corrected chi connectivity index (χ2v) is 5.33. The molecule has 0 radical (unpaired) electrons. The van der Waals surface area contributed by atoms with Gasteiger partial charge in [0.15, 0.2) is 0 Å².